The molecule has 2 rings (SSSR count). The van der Waals surface area contributed by atoms with Gasteiger partial charge in [-0.3, -0.25) is 0 Å². The molecule has 1 aromatic carbocycles. The Balaban J connectivity index is 2.15. The van der Waals surface area contributed by atoms with Crippen molar-refractivity contribution in [1.29, 1.82) is 0 Å². The van der Waals surface area contributed by atoms with Gasteiger partial charge >= 0.3 is 0 Å². The molecule has 0 amide bonds. The van der Waals surface area contributed by atoms with Crippen molar-refractivity contribution < 1.29 is 0 Å². The van der Waals surface area contributed by atoms with Crippen molar-refractivity contribution in [3.05, 3.63) is 39.3 Å². The molecule has 0 atom stereocenters. The number of aryl methyl sites for hydroxylation is 1. The van der Waals surface area contributed by atoms with Gasteiger partial charge in [0, 0.05) is 24.5 Å². The monoisotopic (exact) mass is 281 g/mol. The molecule has 0 fully saturated rings. The van der Waals surface area contributed by atoms with E-state index in [-0.39, 0.29) is 0 Å². The zero-order chi connectivity index (χ0) is 13.1. The second-order valence-corrected chi connectivity index (χ2v) is 5.77. The largest absolute Gasteiger partial charge is 0.378 e. The molecule has 2 aromatic rings. The molecule has 1 N–H and O–H groups in total. The standard InChI is InChI=1S/C13H16ClN3S/c1-9-16-11(8-18-9)7-15-12-6-10(14)4-5-13(12)17(2)3/h4-6,8,15H,7H2,1-3H3. The van der Waals surface area contributed by atoms with Gasteiger partial charge in [-0.05, 0) is 25.1 Å². The van der Waals surface area contributed by atoms with Gasteiger partial charge in [0.1, 0.15) is 0 Å². The summed E-state index contributed by atoms with van der Waals surface area (Å²) in [6.07, 6.45) is 0. The van der Waals surface area contributed by atoms with Gasteiger partial charge in [0.05, 0.1) is 28.6 Å². The molecular weight excluding hydrogens is 266 g/mol. The van der Waals surface area contributed by atoms with Crippen LogP contribution in [-0.2, 0) is 6.54 Å². The summed E-state index contributed by atoms with van der Waals surface area (Å²) in [4.78, 5) is 6.49. The SMILES string of the molecule is Cc1nc(CNc2cc(Cl)ccc2N(C)C)cs1. The van der Waals surface area contributed by atoms with Crippen LogP contribution in [0.15, 0.2) is 23.6 Å². The highest BCUT2D eigenvalue weighted by Gasteiger charge is 2.06. The molecule has 0 aliphatic heterocycles. The Kier molecular flexibility index (Phi) is 4.09. The van der Waals surface area contributed by atoms with Gasteiger partial charge in [-0.1, -0.05) is 11.6 Å². The number of anilines is 2. The van der Waals surface area contributed by atoms with Gasteiger partial charge in [0.15, 0.2) is 0 Å². The van der Waals surface area contributed by atoms with E-state index in [1.54, 1.807) is 11.3 Å². The summed E-state index contributed by atoms with van der Waals surface area (Å²) in [5, 5.41) is 7.28. The molecular formula is C13H16ClN3S. The summed E-state index contributed by atoms with van der Waals surface area (Å²) in [7, 11) is 4.03. The quantitative estimate of drug-likeness (QED) is 0.924. The van der Waals surface area contributed by atoms with E-state index in [1.165, 1.54) is 0 Å². The van der Waals surface area contributed by atoms with Crippen LogP contribution in [0.3, 0.4) is 0 Å². The van der Waals surface area contributed by atoms with Crippen molar-refractivity contribution in [2.24, 2.45) is 0 Å². The Hall–Kier alpha value is -1.26. The summed E-state index contributed by atoms with van der Waals surface area (Å²) in [6, 6.07) is 5.85. The van der Waals surface area contributed by atoms with E-state index in [9.17, 15) is 0 Å². The molecule has 0 aliphatic rings. The summed E-state index contributed by atoms with van der Waals surface area (Å²) in [6.45, 7) is 2.73. The number of nitrogens with one attached hydrogen (secondary N) is 1. The highest BCUT2D eigenvalue weighted by Crippen LogP contribution is 2.28. The van der Waals surface area contributed by atoms with Crippen molar-refractivity contribution in [1.82, 2.24) is 4.98 Å². The molecule has 1 heterocycles. The molecule has 1 aromatic heterocycles. The fourth-order valence-electron chi connectivity index (χ4n) is 1.72. The van der Waals surface area contributed by atoms with E-state index in [0.717, 1.165) is 27.1 Å². The van der Waals surface area contributed by atoms with Crippen LogP contribution in [0.1, 0.15) is 10.7 Å². The molecule has 0 spiro atoms. The Bertz CT molecular complexity index is 537. The fraction of sp³-hybridized carbons (Fsp3) is 0.308. The Morgan fingerprint density at radius 1 is 1.39 bits per heavy atom. The molecule has 18 heavy (non-hydrogen) atoms. The number of nitrogens with zero attached hydrogens (tertiary/aromatic N) is 2. The first-order valence-electron chi connectivity index (χ1n) is 5.68. The highest BCUT2D eigenvalue weighted by molar-refractivity contribution is 7.09. The normalized spacial score (nSPS) is 10.4. The number of hydrogen-bond acceptors (Lipinski definition) is 4. The zero-order valence-electron chi connectivity index (χ0n) is 10.7. The Morgan fingerprint density at radius 3 is 2.78 bits per heavy atom. The molecule has 0 bridgehead atoms. The van der Waals surface area contributed by atoms with Gasteiger partial charge < -0.3 is 10.2 Å². The summed E-state index contributed by atoms with van der Waals surface area (Å²) >= 11 is 7.70. The first kappa shape index (κ1) is 13.2. The van der Waals surface area contributed by atoms with E-state index < -0.39 is 0 Å². The van der Waals surface area contributed by atoms with Crippen LogP contribution in [0, 0.1) is 6.92 Å². The minimum absolute atomic E-state index is 0.714. The summed E-state index contributed by atoms with van der Waals surface area (Å²) in [5.41, 5.74) is 3.20. The number of thiazole rings is 1. The van der Waals surface area contributed by atoms with Crippen LogP contribution in [0.25, 0.3) is 0 Å². The average molecular weight is 282 g/mol. The van der Waals surface area contributed by atoms with Crippen LogP contribution in [0.2, 0.25) is 5.02 Å². The second kappa shape index (κ2) is 5.59. The van der Waals surface area contributed by atoms with Crippen molar-refractivity contribution in [2.75, 3.05) is 24.3 Å². The molecule has 96 valence electrons. The molecule has 0 saturated heterocycles. The number of rotatable bonds is 4. The van der Waals surface area contributed by atoms with Crippen molar-refractivity contribution in [3.8, 4) is 0 Å². The smallest absolute Gasteiger partial charge is 0.0898 e. The number of benzene rings is 1. The maximum atomic E-state index is 6.04. The number of aromatic nitrogens is 1. The minimum atomic E-state index is 0.714. The van der Waals surface area contributed by atoms with Crippen LogP contribution >= 0.6 is 22.9 Å². The lowest BCUT2D eigenvalue weighted by atomic mass is 10.2. The van der Waals surface area contributed by atoms with E-state index in [1.807, 2.05) is 39.2 Å². The first-order chi connectivity index (χ1) is 8.56. The third-order valence-electron chi connectivity index (χ3n) is 2.57. The summed E-state index contributed by atoms with van der Waals surface area (Å²) < 4.78 is 0. The van der Waals surface area contributed by atoms with E-state index in [0.29, 0.717) is 6.54 Å². The van der Waals surface area contributed by atoms with Gasteiger partial charge in [-0.2, -0.15) is 0 Å². The topological polar surface area (TPSA) is 28.2 Å². The maximum Gasteiger partial charge on any atom is 0.0898 e. The van der Waals surface area contributed by atoms with Crippen LogP contribution in [0.5, 0.6) is 0 Å². The van der Waals surface area contributed by atoms with Crippen LogP contribution in [0.4, 0.5) is 11.4 Å². The Labute approximate surface area is 116 Å². The molecule has 0 saturated carbocycles. The predicted molar refractivity (Wildman–Crippen MR) is 80.0 cm³/mol. The van der Waals surface area contributed by atoms with Crippen LogP contribution < -0.4 is 10.2 Å². The van der Waals surface area contributed by atoms with Crippen molar-refractivity contribution in [2.45, 2.75) is 13.5 Å². The highest BCUT2D eigenvalue weighted by atomic mass is 35.5. The van der Waals surface area contributed by atoms with Gasteiger partial charge in [0.2, 0.25) is 0 Å². The molecule has 0 radical (unpaired) electrons. The second-order valence-electron chi connectivity index (χ2n) is 4.27. The third kappa shape index (κ3) is 3.15. The number of hydrogen-bond donors (Lipinski definition) is 1. The molecule has 0 aliphatic carbocycles. The fourth-order valence-corrected chi connectivity index (χ4v) is 2.50. The molecule has 0 unspecified atom stereocenters. The van der Waals surface area contributed by atoms with E-state index in [4.69, 9.17) is 11.6 Å². The number of halogens is 1. The van der Waals surface area contributed by atoms with E-state index in [2.05, 4.69) is 20.6 Å². The lowest BCUT2D eigenvalue weighted by molar-refractivity contribution is 1.04. The van der Waals surface area contributed by atoms with Gasteiger partial charge in [0.25, 0.3) is 0 Å². The average Bonchev–Trinajstić information content (AvgIpc) is 2.72. The lowest BCUT2D eigenvalue weighted by Crippen LogP contribution is -2.12. The minimum Gasteiger partial charge on any atom is -0.378 e. The predicted octanol–water partition coefficient (Wildman–Crippen LogP) is 3.78. The zero-order valence-corrected chi connectivity index (χ0v) is 12.3. The molecule has 5 heteroatoms. The van der Waals surface area contributed by atoms with Crippen molar-refractivity contribution >= 4 is 34.3 Å². The Morgan fingerprint density at radius 2 is 2.17 bits per heavy atom. The third-order valence-corrected chi connectivity index (χ3v) is 3.62. The van der Waals surface area contributed by atoms with Gasteiger partial charge in [-0.15, -0.1) is 11.3 Å². The maximum absolute atomic E-state index is 6.04. The van der Waals surface area contributed by atoms with Crippen LogP contribution in [-0.4, -0.2) is 19.1 Å². The van der Waals surface area contributed by atoms with E-state index >= 15 is 0 Å². The van der Waals surface area contributed by atoms with Crippen molar-refractivity contribution in [3.63, 3.8) is 0 Å². The first-order valence-corrected chi connectivity index (χ1v) is 6.94. The lowest BCUT2D eigenvalue weighted by Gasteiger charge is -2.18. The summed E-state index contributed by atoms with van der Waals surface area (Å²) in [5.74, 6) is 0. The van der Waals surface area contributed by atoms with Gasteiger partial charge in [-0.25, -0.2) is 4.98 Å². The molecule has 3 nitrogen and oxygen atoms in total.